The van der Waals surface area contributed by atoms with Gasteiger partial charge in [-0.25, -0.2) is 9.11 Å². The molecular weight excluding hydrogens is 625 g/mol. The molecule has 47 heavy (non-hydrogen) atoms. The van der Waals surface area contributed by atoms with Crippen molar-refractivity contribution in [1.82, 2.24) is 18.9 Å². The van der Waals surface area contributed by atoms with Crippen molar-refractivity contribution >= 4 is 38.7 Å². The number of morpholine rings is 1. The lowest BCUT2D eigenvalue weighted by atomic mass is 9.78. The van der Waals surface area contributed by atoms with Gasteiger partial charge in [0.05, 0.1) is 19.3 Å². The van der Waals surface area contributed by atoms with Crippen LogP contribution < -0.4 is 10.5 Å². The van der Waals surface area contributed by atoms with Crippen LogP contribution in [-0.2, 0) is 31.0 Å². The van der Waals surface area contributed by atoms with Gasteiger partial charge < -0.3 is 20.4 Å². The van der Waals surface area contributed by atoms with E-state index in [1.807, 2.05) is 36.4 Å². The van der Waals surface area contributed by atoms with E-state index in [1.54, 1.807) is 23.1 Å². The average molecular weight is 668 g/mol. The number of Topliss-reactive ketones (excluding diaryl/α,β-unsaturated/α-hetero) is 1. The summed E-state index contributed by atoms with van der Waals surface area (Å²) >= 11 is 0. The number of hydrogen-bond donors (Lipinski definition) is 3. The van der Waals surface area contributed by atoms with Crippen LogP contribution in [-0.4, -0.2) is 91.8 Å². The number of aromatic amines is 1. The number of alkyl halides is 1. The number of ketones is 1. The molecule has 3 atom stereocenters. The van der Waals surface area contributed by atoms with Gasteiger partial charge >= 0.3 is 10.2 Å². The van der Waals surface area contributed by atoms with Gasteiger partial charge in [0.15, 0.2) is 5.78 Å². The second kappa shape index (κ2) is 14.2. The van der Waals surface area contributed by atoms with Gasteiger partial charge in [-0.1, -0.05) is 36.4 Å². The molecule has 3 heterocycles. The topological polar surface area (TPSA) is 155 Å². The van der Waals surface area contributed by atoms with E-state index in [4.69, 9.17) is 10.5 Å². The number of fused-ring (bicyclic) bond motifs is 1. The molecule has 0 radical (unpaired) electrons. The Labute approximate surface area is 274 Å². The van der Waals surface area contributed by atoms with Crippen LogP contribution in [0.3, 0.4) is 0 Å². The summed E-state index contributed by atoms with van der Waals surface area (Å²) in [5, 5.41) is 0.659. The molecule has 1 aliphatic carbocycles. The standard InChI is InChI=1S/C34H42FN5O6S/c35-21-28(36)24-7-9-25(10-8-24)34(43)40-13-12-27(23-4-2-1-3-5-23)32(40)31(41)19-22-6-11-29-26(18-22)20-30(37-29)33(42)38-47(44,45)39-14-16-46-17-15-39/h1-6,11,18,20,24-25,27-28,32,37H,7-10,12-17,19,21,36H2,(H,38,42)/t24?,25?,27-,28-,32+/m1/s1. The quantitative estimate of drug-likeness (QED) is 0.300. The number of hydrogen-bond acceptors (Lipinski definition) is 7. The molecule has 6 rings (SSSR count). The van der Waals surface area contributed by atoms with E-state index in [-0.39, 0.29) is 67.9 Å². The molecule has 1 aromatic heterocycles. The number of likely N-dealkylation sites (tertiary alicyclic amines) is 1. The summed E-state index contributed by atoms with van der Waals surface area (Å²) in [7, 11) is -4.02. The molecule has 3 aliphatic rings. The van der Waals surface area contributed by atoms with Gasteiger partial charge in [-0.15, -0.1) is 0 Å². The molecule has 3 fully saturated rings. The number of benzene rings is 2. The van der Waals surface area contributed by atoms with Gasteiger partial charge in [-0.3, -0.25) is 14.4 Å². The SMILES string of the molecule is N[C@H](CF)C1CCC(C(=O)N2CC[C@H](c3ccccc3)[C@H]2C(=O)Cc2ccc3[nH]c(C(=O)NS(=O)(=O)N4CCOCC4)cc3c2)CC1. The third-order valence-electron chi connectivity index (χ3n) is 9.98. The Morgan fingerprint density at radius 1 is 0.979 bits per heavy atom. The molecule has 2 aromatic carbocycles. The highest BCUT2D eigenvalue weighted by atomic mass is 32.2. The minimum atomic E-state index is -4.02. The first-order chi connectivity index (χ1) is 22.6. The maximum absolute atomic E-state index is 14.1. The average Bonchev–Trinajstić information content (AvgIpc) is 3.73. The number of rotatable bonds is 10. The Morgan fingerprint density at radius 3 is 2.40 bits per heavy atom. The van der Waals surface area contributed by atoms with Gasteiger partial charge in [0.2, 0.25) is 5.91 Å². The van der Waals surface area contributed by atoms with Crippen molar-refractivity contribution in [3.05, 3.63) is 71.4 Å². The molecule has 11 nitrogen and oxygen atoms in total. The fraction of sp³-hybridized carbons (Fsp3) is 0.500. The third kappa shape index (κ3) is 7.28. The minimum Gasteiger partial charge on any atom is -0.379 e. The first-order valence-corrected chi connectivity index (χ1v) is 17.8. The monoisotopic (exact) mass is 667 g/mol. The number of aromatic nitrogens is 1. The lowest BCUT2D eigenvalue weighted by Crippen LogP contribution is -2.48. The second-order valence-electron chi connectivity index (χ2n) is 12.9. The van der Waals surface area contributed by atoms with Crippen LogP contribution in [0.25, 0.3) is 10.9 Å². The third-order valence-corrected chi connectivity index (χ3v) is 11.5. The van der Waals surface area contributed by atoms with Crippen molar-refractivity contribution in [1.29, 1.82) is 0 Å². The van der Waals surface area contributed by atoms with E-state index in [0.29, 0.717) is 49.6 Å². The molecular formula is C34H42FN5O6S. The smallest absolute Gasteiger partial charge is 0.304 e. The lowest BCUT2D eigenvalue weighted by Gasteiger charge is -2.35. The highest BCUT2D eigenvalue weighted by Crippen LogP contribution is 2.38. The number of ether oxygens (including phenoxy) is 1. The number of H-pyrrole nitrogens is 1. The number of halogens is 1. The first-order valence-electron chi connectivity index (χ1n) is 16.4. The van der Waals surface area contributed by atoms with Crippen molar-refractivity contribution in [2.75, 3.05) is 39.5 Å². The summed E-state index contributed by atoms with van der Waals surface area (Å²) in [6, 6.07) is 15.6. The van der Waals surface area contributed by atoms with E-state index < -0.39 is 34.9 Å². The summed E-state index contributed by atoms with van der Waals surface area (Å²) in [6.45, 7) is 0.779. The summed E-state index contributed by atoms with van der Waals surface area (Å²) in [4.78, 5) is 45.7. The van der Waals surface area contributed by atoms with Crippen LogP contribution >= 0.6 is 0 Å². The summed E-state index contributed by atoms with van der Waals surface area (Å²) in [5.41, 5.74) is 8.39. The lowest BCUT2D eigenvalue weighted by molar-refractivity contribution is -0.142. The number of carbonyl (C=O) groups excluding carboxylic acids is 3. The van der Waals surface area contributed by atoms with Gasteiger partial charge in [-0.2, -0.15) is 12.7 Å². The Bertz CT molecular complexity index is 1700. The first kappa shape index (κ1) is 33.3. The number of nitrogens with one attached hydrogen (secondary N) is 2. The maximum Gasteiger partial charge on any atom is 0.304 e. The molecule has 252 valence electrons. The van der Waals surface area contributed by atoms with E-state index in [0.717, 1.165) is 11.1 Å². The summed E-state index contributed by atoms with van der Waals surface area (Å²) in [6.07, 6.45) is 3.44. The van der Waals surface area contributed by atoms with Crippen molar-refractivity contribution in [2.45, 2.75) is 56.5 Å². The molecule has 2 amide bonds. The highest BCUT2D eigenvalue weighted by Gasteiger charge is 2.44. The number of amides is 2. The van der Waals surface area contributed by atoms with Gasteiger partial charge in [-0.05, 0) is 67.3 Å². The second-order valence-corrected chi connectivity index (χ2v) is 14.6. The summed E-state index contributed by atoms with van der Waals surface area (Å²) in [5.74, 6) is -1.14. The van der Waals surface area contributed by atoms with E-state index in [9.17, 15) is 27.2 Å². The van der Waals surface area contributed by atoms with Gasteiger partial charge in [0, 0.05) is 54.8 Å². The van der Waals surface area contributed by atoms with E-state index in [1.165, 1.54) is 4.31 Å². The molecule has 0 spiro atoms. The summed E-state index contributed by atoms with van der Waals surface area (Å²) < 4.78 is 47.0. The van der Waals surface area contributed by atoms with Crippen molar-refractivity contribution in [2.24, 2.45) is 17.6 Å². The van der Waals surface area contributed by atoms with Crippen molar-refractivity contribution < 1.29 is 31.9 Å². The molecule has 2 aliphatic heterocycles. The maximum atomic E-state index is 14.1. The molecule has 13 heteroatoms. The van der Waals surface area contributed by atoms with Crippen LogP contribution in [0.4, 0.5) is 4.39 Å². The van der Waals surface area contributed by atoms with Crippen LogP contribution in [0.5, 0.6) is 0 Å². The Kier molecular flexibility index (Phi) is 10.1. The van der Waals surface area contributed by atoms with Crippen molar-refractivity contribution in [3.8, 4) is 0 Å². The van der Waals surface area contributed by atoms with Crippen molar-refractivity contribution in [3.63, 3.8) is 0 Å². The minimum absolute atomic E-state index is 0.0159. The molecule has 0 unspecified atom stereocenters. The van der Waals surface area contributed by atoms with Gasteiger partial charge in [0.1, 0.15) is 12.4 Å². The highest BCUT2D eigenvalue weighted by molar-refractivity contribution is 7.87. The van der Waals surface area contributed by atoms with Crippen LogP contribution in [0, 0.1) is 11.8 Å². The Balaban J connectivity index is 1.18. The Hall–Kier alpha value is -3.65. The molecule has 0 bridgehead atoms. The molecule has 3 aromatic rings. The zero-order chi connectivity index (χ0) is 33.1. The number of nitrogens with zero attached hydrogens (tertiary/aromatic N) is 2. The fourth-order valence-corrected chi connectivity index (χ4v) is 8.49. The molecule has 2 saturated heterocycles. The fourth-order valence-electron chi connectivity index (χ4n) is 7.39. The predicted octanol–water partition coefficient (Wildman–Crippen LogP) is 3.07. The van der Waals surface area contributed by atoms with E-state index >= 15 is 0 Å². The number of carbonyl (C=O) groups is 3. The normalized spacial score (nSPS) is 24.7. The zero-order valence-electron chi connectivity index (χ0n) is 26.3. The largest absolute Gasteiger partial charge is 0.379 e. The van der Waals surface area contributed by atoms with E-state index in [2.05, 4.69) is 9.71 Å². The predicted molar refractivity (Wildman–Crippen MR) is 174 cm³/mol. The molecule has 1 saturated carbocycles. The van der Waals surface area contributed by atoms with Crippen LogP contribution in [0.2, 0.25) is 0 Å². The number of nitrogens with two attached hydrogens (primary N) is 1. The van der Waals surface area contributed by atoms with Gasteiger partial charge in [0.25, 0.3) is 5.91 Å². The van der Waals surface area contributed by atoms with Crippen LogP contribution in [0.15, 0.2) is 54.6 Å². The molecule has 4 N–H and O–H groups in total. The Morgan fingerprint density at radius 2 is 1.70 bits per heavy atom. The zero-order valence-corrected chi connectivity index (χ0v) is 27.1. The van der Waals surface area contributed by atoms with Crippen LogP contribution in [0.1, 0.15) is 59.6 Å².